The maximum absolute atomic E-state index is 12.5. The Balaban J connectivity index is 3.96. The second-order valence-electron chi connectivity index (χ2n) is 13.5. The maximum atomic E-state index is 12.5. The highest BCUT2D eigenvalue weighted by Gasteiger charge is 2.25. The molecule has 2 atom stereocenters. The van der Waals surface area contributed by atoms with Gasteiger partial charge in [-0.3, -0.25) is 9.59 Å². The number of carbonyl (C=O) groups excluding carboxylic acids is 3. The lowest BCUT2D eigenvalue weighted by molar-refractivity contribution is -0.889. The number of hydrogen-bond acceptors (Lipinski definition) is 7. The van der Waals surface area contributed by atoms with Crippen molar-refractivity contribution in [3.05, 3.63) is 0 Å². The molecule has 0 amide bonds. The number of ether oxygens (including phenoxy) is 3. The number of nitrogens with zero attached hydrogens (tertiary/aromatic N) is 1. The number of carbonyl (C=O) groups is 3. The molecule has 0 aromatic rings. The molecule has 0 saturated heterocycles. The quantitative estimate of drug-likeness (QED) is 0.0438. The van der Waals surface area contributed by atoms with Crippen molar-refractivity contribution in [2.45, 2.75) is 174 Å². The summed E-state index contributed by atoms with van der Waals surface area (Å²) in [6, 6.07) is -0.715. The van der Waals surface area contributed by atoms with Crippen LogP contribution in [0.5, 0.6) is 0 Å². The molecule has 0 heterocycles. The van der Waals surface area contributed by atoms with Crippen LogP contribution in [0.1, 0.15) is 162 Å². The Labute approximate surface area is 270 Å². The number of carboxylic acids is 1. The first-order valence-electron chi connectivity index (χ1n) is 18.1. The predicted octanol–water partition coefficient (Wildman–Crippen LogP) is 7.29. The summed E-state index contributed by atoms with van der Waals surface area (Å²) in [5, 5.41) is 11.5. The third kappa shape index (κ3) is 26.7. The van der Waals surface area contributed by atoms with Crippen molar-refractivity contribution in [1.82, 2.24) is 0 Å². The average molecular weight is 628 g/mol. The van der Waals surface area contributed by atoms with E-state index in [1.54, 1.807) is 21.1 Å². The first-order valence-corrected chi connectivity index (χ1v) is 18.1. The van der Waals surface area contributed by atoms with Gasteiger partial charge in [0.2, 0.25) is 0 Å². The van der Waals surface area contributed by atoms with Crippen LogP contribution < -0.4 is 5.11 Å². The molecule has 0 fully saturated rings. The van der Waals surface area contributed by atoms with E-state index in [1.807, 2.05) is 6.92 Å². The number of hydrogen-bond donors (Lipinski definition) is 0. The minimum Gasteiger partial charge on any atom is -0.544 e. The van der Waals surface area contributed by atoms with Gasteiger partial charge in [0.25, 0.3) is 0 Å². The van der Waals surface area contributed by atoms with Gasteiger partial charge in [-0.15, -0.1) is 0 Å². The lowest BCUT2D eigenvalue weighted by Gasteiger charge is -2.34. The van der Waals surface area contributed by atoms with E-state index in [0.717, 1.165) is 19.3 Å². The number of esters is 2. The molecule has 0 aromatic carbocycles. The molecule has 0 rings (SSSR count). The molecule has 44 heavy (non-hydrogen) atoms. The predicted molar refractivity (Wildman–Crippen MR) is 176 cm³/mol. The molecule has 0 aliphatic rings. The van der Waals surface area contributed by atoms with E-state index in [4.69, 9.17) is 14.2 Å². The first-order chi connectivity index (χ1) is 21.1. The van der Waals surface area contributed by atoms with Crippen LogP contribution in [0.2, 0.25) is 0 Å². The monoisotopic (exact) mass is 628 g/mol. The summed E-state index contributed by atoms with van der Waals surface area (Å²) < 4.78 is 16.7. The number of quaternary nitrogens is 1. The van der Waals surface area contributed by atoms with Gasteiger partial charge in [0, 0.05) is 19.3 Å². The highest BCUT2D eigenvalue weighted by atomic mass is 16.6. The van der Waals surface area contributed by atoms with Crippen molar-refractivity contribution in [1.29, 1.82) is 0 Å². The van der Waals surface area contributed by atoms with Gasteiger partial charge in [-0.25, -0.2) is 0 Å². The van der Waals surface area contributed by atoms with Crippen LogP contribution in [-0.4, -0.2) is 75.5 Å². The molecule has 260 valence electrons. The molecule has 2 unspecified atom stereocenters. The lowest BCUT2D eigenvalue weighted by atomic mass is 10.0. The molecule has 0 aromatic heterocycles. The lowest BCUT2D eigenvalue weighted by Crippen LogP contribution is -2.55. The van der Waals surface area contributed by atoms with Crippen molar-refractivity contribution in [3.63, 3.8) is 0 Å². The van der Waals surface area contributed by atoms with Crippen LogP contribution in [0.15, 0.2) is 0 Å². The Hall–Kier alpha value is -1.67. The molecule has 0 radical (unpaired) electrons. The second-order valence-corrected chi connectivity index (χ2v) is 13.5. The summed E-state index contributed by atoms with van der Waals surface area (Å²) in [6.07, 6.45) is 25.6. The van der Waals surface area contributed by atoms with Crippen molar-refractivity contribution in [3.8, 4) is 0 Å². The van der Waals surface area contributed by atoms with Crippen LogP contribution >= 0.6 is 0 Å². The highest BCUT2D eigenvalue weighted by Crippen LogP contribution is 2.15. The van der Waals surface area contributed by atoms with E-state index in [2.05, 4.69) is 6.92 Å². The molecular weight excluding hydrogens is 558 g/mol. The van der Waals surface area contributed by atoms with E-state index in [-0.39, 0.29) is 42.7 Å². The second kappa shape index (κ2) is 28.8. The smallest absolute Gasteiger partial charge is 0.306 e. The number of aliphatic carboxylic acids is 1. The zero-order valence-electron chi connectivity index (χ0n) is 29.3. The van der Waals surface area contributed by atoms with Gasteiger partial charge >= 0.3 is 11.9 Å². The van der Waals surface area contributed by atoms with Gasteiger partial charge in [-0.05, 0) is 12.8 Å². The Kier molecular flexibility index (Phi) is 27.7. The fourth-order valence-corrected chi connectivity index (χ4v) is 5.40. The highest BCUT2D eigenvalue weighted by molar-refractivity contribution is 5.70. The van der Waals surface area contributed by atoms with Gasteiger partial charge < -0.3 is 28.6 Å². The van der Waals surface area contributed by atoms with Crippen LogP contribution in [0.3, 0.4) is 0 Å². The van der Waals surface area contributed by atoms with E-state index in [0.29, 0.717) is 19.3 Å². The van der Waals surface area contributed by atoms with Crippen LogP contribution in [0.4, 0.5) is 0 Å². The van der Waals surface area contributed by atoms with Crippen molar-refractivity contribution >= 4 is 17.9 Å². The van der Waals surface area contributed by atoms with Crippen molar-refractivity contribution in [2.75, 3.05) is 41.0 Å². The van der Waals surface area contributed by atoms with Crippen LogP contribution in [0, 0.1) is 0 Å². The van der Waals surface area contributed by atoms with Gasteiger partial charge in [0.15, 0.2) is 6.10 Å². The van der Waals surface area contributed by atoms with E-state index < -0.39 is 18.1 Å². The van der Waals surface area contributed by atoms with Gasteiger partial charge in [-0.2, -0.15) is 0 Å². The third-order valence-corrected chi connectivity index (χ3v) is 8.21. The summed E-state index contributed by atoms with van der Waals surface area (Å²) in [5.74, 6) is -1.79. The molecule has 0 N–H and O–H groups in total. The third-order valence-electron chi connectivity index (χ3n) is 8.21. The summed E-state index contributed by atoms with van der Waals surface area (Å²) in [6.45, 7) is 4.31. The molecule has 0 bridgehead atoms. The molecule has 0 aliphatic carbocycles. The molecule has 0 spiro atoms. The Morgan fingerprint density at radius 1 is 0.591 bits per heavy atom. The number of rotatable bonds is 32. The average Bonchev–Trinajstić information content (AvgIpc) is 2.96. The SMILES string of the molecule is CCCCCCCCCCCCCCCCCCCCCC(=O)OC(COCCC(C(=O)[O-])[N+](C)(C)C)COC(=O)CCC. The standard InChI is InChI=1S/C36H69NO7/c1-6-8-9-10-11-12-13-14-15-16-17-18-19-20-21-22-23-24-25-27-35(39)44-32(31-43-34(38)26-7-2)30-42-29-28-33(36(40)41)37(3,4)5/h32-33H,6-31H2,1-5H3. The summed E-state index contributed by atoms with van der Waals surface area (Å²) in [4.78, 5) is 35.7. The van der Waals surface area contributed by atoms with Gasteiger partial charge in [0.1, 0.15) is 12.6 Å². The Morgan fingerprint density at radius 3 is 1.45 bits per heavy atom. The molecule has 0 aliphatic heterocycles. The summed E-state index contributed by atoms with van der Waals surface area (Å²) in [7, 11) is 5.37. The summed E-state index contributed by atoms with van der Waals surface area (Å²) in [5.41, 5.74) is 0. The first kappa shape index (κ1) is 42.3. The van der Waals surface area contributed by atoms with Gasteiger partial charge in [0.05, 0.1) is 40.3 Å². The zero-order valence-corrected chi connectivity index (χ0v) is 29.3. The maximum Gasteiger partial charge on any atom is 0.306 e. The van der Waals surface area contributed by atoms with Crippen molar-refractivity contribution in [2.24, 2.45) is 0 Å². The Bertz CT molecular complexity index is 707. The number of carboxylic acid groups (broad SMARTS) is 1. The largest absolute Gasteiger partial charge is 0.544 e. The molecular formula is C36H69NO7. The normalized spacial score (nSPS) is 13.0. The van der Waals surface area contributed by atoms with Crippen molar-refractivity contribution < 1.29 is 38.2 Å². The molecule has 8 heteroatoms. The minimum atomic E-state index is -1.13. The van der Waals surface area contributed by atoms with E-state index in [1.165, 1.54) is 103 Å². The topological polar surface area (TPSA) is 102 Å². The number of likely N-dealkylation sites (N-methyl/N-ethyl adjacent to an activating group) is 1. The van der Waals surface area contributed by atoms with Crippen LogP contribution in [0.25, 0.3) is 0 Å². The fraction of sp³-hybridized carbons (Fsp3) is 0.917. The van der Waals surface area contributed by atoms with E-state index in [9.17, 15) is 19.5 Å². The zero-order chi connectivity index (χ0) is 32.9. The van der Waals surface area contributed by atoms with E-state index >= 15 is 0 Å². The fourth-order valence-electron chi connectivity index (χ4n) is 5.40. The minimum absolute atomic E-state index is 0.0429. The molecule has 8 nitrogen and oxygen atoms in total. The Morgan fingerprint density at radius 2 is 1.05 bits per heavy atom. The van der Waals surface area contributed by atoms with Gasteiger partial charge in [-0.1, -0.05) is 129 Å². The summed E-state index contributed by atoms with van der Waals surface area (Å²) >= 11 is 0. The van der Waals surface area contributed by atoms with Crippen LogP contribution in [-0.2, 0) is 28.6 Å². The number of unbranched alkanes of at least 4 members (excludes halogenated alkanes) is 18. The molecule has 0 saturated carbocycles.